The summed E-state index contributed by atoms with van der Waals surface area (Å²) in [6.45, 7) is 4.22. The van der Waals surface area contributed by atoms with E-state index in [-0.39, 0.29) is 6.29 Å². The van der Waals surface area contributed by atoms with E-state index < -0.39 is 0 Å². The van der Waals surface area contributed by atoms with Crippen molar-refractivity contribution in [2.75, 3.05) is 26.3 Å². The second-order valence-electron chi connectivity index (χ2n) is 5.64. The molecule has 1 atom stereocenters. The fraction of sp³-hybridized carbons (Fsp3) is 0.875. The third-order valence-corrected chi connectivity index (χ3v) is 3.91. The van der Waals surface area contributed by atoms with Gasteiger partial charge in [-0.05, 0) is 64.0 Å². The van der Waals surface area contributed by atoms with Crippen LogP contribution in [-0.2, 0) is 9.47 Å². The molecule has 0 N–H and O–H groups in total. The molecule has 0 aromatic rings. The molecule has 110 valence electrons. The molecule has 2 aliphatic rings. The first-order valence-corrected chi connectivity index (χ1v) is 8.09. The van der Waals surface area contributed by atoms with E-state index in [9.17, 15) is 0 Å². The highest BCUT2D eigenvalue weighted by Gasteiger charge is 2.13. The zero-order valence-corrected chi connectivity index (χ0v) is 12.2. The summed E-state index contributed by atoms with van der Waals surface area (Å²) in [5.74, 6) is 0. The summed E-state index contributed by atoms with van der Waals surface area (Å²) < 4.78 is 11.3. The molecule has 2 fully saturated rings. The maximum atomic E-state index is 5.72. The van der Waals surface area contributed by atoms with Gasteiger partial charge >= 0.3 is 0 Å². The number of likely N-dealkylation sites (tertiary alicyclic amines) is 1. The Bertz CT molecular complexity index is 243. The molecule has 0 aromatic carbocycles. The maximum Gasteiger partial charge on any atom is 0.157 e. The molecular formula is C16H29NO2. The summed E-state index contributed by atoms with van der Waals surface area (Å²) in [4.78, 5) is 2.45. The first-order chi connectivity index (χ1) is 9.45. The monoisotopic (exact) mass is 267 g/mol. The summed E-state index contributed by atoms with van der Waals surface area (Å²) in [6, 6.07) is 0. The summed E-state index contributed by atoms with van der Waals surface area (Å²) in [7, 11) is 0. The highest BCUT2D eigenvalue weighted by molar-refractivity contribution is 4.83. The lowest BCUT2D eigenvalue weighted by atomic mass is 10.1. The van der Waals surface area contributed by atoms with Crippen LogP contribution in [0.15, 0.2) is 12.3 Å². The number of hydrogen-bond acceptors (Lipinski definition) is 3. The molecule has 0 bridgehead atoms. The summed E-state index contributed by atoms with van der Waals surface area (Å²) >= 11 is 0. The molecule has 0 spiro atoms. The van der Waals surface area contributed by atoms with Crippen molar-refractivity contribution in [2.24, 2.45) is 0 Å². The first kappa shape index (κ1) is 14.9. The minimum atomic E-state index is 0.0812. The average molecular weight is 267 g/mol. The molecule has 0 saturated carbocycles. The van der Waals surface area contributed by atoms with Crippen LogP contribution in [0.3, 0.4) is 0 Å². The SMILES string of the molecule is C(=C\N1CCCCC1)/CCCCOC1CCCCO1. The minimum absolute atomic E-state index is 0.0812. The zero-order valence-electron chi connectivity index (χ0n) is 12.2. The Hall–Kier alpha value is -0.540. The topological polar surface area (TPSA) is 21.7 Å². The van der Waals surface area contributed by atoms with E-state index in [2.05, 4.69) is 17.2 Å². The second kappa shape index (κ2) is 9.38. The van der Waals surface area contributed by atoms with E-state index in [1.54, 1.807) is 0 Å². The molecule has 2 saturated heterocycles. The molecule has 3 heteroatoms. The van der Waals surface area contributed by atoms with Gasteiger partial charge in [0.05, 0.1) is 0 Å². The molecule has 2 rings (SSSR count). The summed E-state index contributed by atoms with van der Waals surface area (Å²) in [5.41, 5.74) is 0. The van der Waals surface area contributed by atoms with Crippen molar-refractivity contribution in [1.29, 1.82) is 0 Å². The van der Waals surface area contributed by atoms with Gasteiger partial charge in [-0.1, -0.05) is 6.08 Å². The third-order valence-electron chi connectivity index (χ3n) is 3.91. The predicted molar refractivity (Wildman–Crippen MR) is 78.0 cm³/mol. The van der Waals surface area contributed by atoms with Crippen LogP contribution in [0, 0.1) is 0 Å². The molecule has 0 aliphatic carbocycles. The van der Waals surface area contributed by atoms with Gasteiger partial charge in [-0.15, -0.1) is 0 Å². The smallest absolute Gasteiger partial charge is 0.157 e. The molecule has 19 heavy (non-hydrogen) atoms. The Labute approximate surface area is 117 Å². The quantitative estimate of drug-likeness (QED) is 0.657. The van der Waals surface area contributed by atoms with Gasteiger partial charge in [0.2, 0.25) is 0 Å². The van der Waals surface area contributed by atoms with E-state index in [1.807, 2.05) is 0 Å². The van der Waals surface area contributed by atoms with Crippen LogP contribution < -0.4 is 0 Å². The Morgan fingerprint density at radius 3 is 2.74 bits per heavy atom. The number of hydrogen-bond donors (Lipinski definition) is 0. The normalized spacial score (nSPS) is 25.1. The fourth-order valence-electron chi connectivity index (χ4n) is 2.71. The van der Waals surface area contributed by atoms with E-state index in [4.69, 9.17) is 9.47 Å². The molecular weight excluding hydrogens is 238 g/mol. The van der Waals surface area contributed by atoms with Gasteiger partial charge in [0.1, 0.15) is 0 Å². The van der Waals surface area contributed by atoms with Crippen LogP contribution in [0.2, 0.25) is 0 Å². The molecule has 0 amide bonds. The van der Waals surface area contributed by atoms with Crippen molar-refractivity contribution in [3.05, 3.63) is 12.3 Å². The molecule has 2 heterocycles. The van der Waals surface area contributed by atoms with Gasteiger partial charge in [-0.2, -0.15) is 0 Å². The number of allylic oxidation sites excluding steroid dienone is 1. The molecule has 2 aliphatic heterocycles. The number of piperidine rings is 1. The van der Waals surface area contributed by atoms with E-state index in [0.29, 0.717) is 0 Å². The maximum absolute atomic E-state index is 5.72. The Morgan fingerprint density at radius 1 is 1.05 bits per heavy atom. The molecule has 0 radical (unpaired) electrons. The lowest BCUT2D eigenvalue weighted by Crippen LogP contribution is -2.24. The number of unbranched alkanes of at least 4 members (excludes halogenated alkanes) is 2. The molecule has 0 aromatic heterocycles. The summed E-state index contributed by atoms with van der Waals surface area (Å²) in [6.07, 6.45) is 15.9. The van der Waals surface area contributed by atoms with Crippen molar-refractivity contribution >= 4 is 0 Å². The van der Waals surface area contributed by atoms with Gasteiger partial charge in [0, 0.05) is 26.3 Å². The highest BCUT2D eigenvalue weighted by atomic mass is 16.7. The third kappa shape index (κ3) is 6.44. The van der Waals surface area contributed by atoms with Crippen LogP contribution >= 0.6 is 0 Å². The van der Waals surface area contributed by atoms with Gasteiger partial charge in [0.15, 0.2) is 6.29 Å². The van der Waals surface area contributed by atoms with Crippen molar-refractivity contribution < 1.29 is 9.47 Å². The highest BCUT2D eigenvalue weighted by Crippen LogP contribution is 2.14. The fourth-order valence-corrected chi connectivity index (χ4v) is 2.71. The van der Waals surface area contributed by atoms with Crippen molar-refractivity contribution in [1.82, 2.24) is 4.90 Å². The molecule has 3 nitrogen and oxygen atoms in total. The number of rotatable bonds is 7. The lowest BCUT2D eigenvalue weighted by molar-refractivity contribution is -0.162. The minimum Gasteiger partial charge on any atom is -0.378 e. The number of nitrogens with zero attached hydrogens (tertiary/aromatic N) is 1. The Balaban J connectivity index is 1.42. The van der Waals surface area contributed by atoms with E-state index in [0.717, 1.165) is 26.1 Å². The van der Waals surface area contributed by atoms with Crippen LogP contribution in [0.1, 0.15) is 57.8 Å². The van der Waals surface area contributed by atoms with Gasteiger partial charge < -0.3 is 14.4 Å². The van der Waals surface area contributed by atoms with Gasteiger partial charge in [0.25, 0.3) is 0 Å². The van der Waals surface area contributed by atoms with Crippen molar-refractivity contribution in [3.8, 4) is 0 Å². The van der Waals surface area contributed by atoms with Crippen molar-refractivity contribution in [2.45, 2.75) is 64.1 Å². The molecule has 1 unspecified atom stereocenters. The van der Waals surface area contributed by atoms with E-state index >= 15 is 0 Å². The van der Waals surface area contributed by atoms with Crippen LogP contribution in [0.4, 0.5) is 0 Å². The standard InChI is InChI=1S/C16H29NO2/c1(5-11-17-12-6-3-7-13-17)2-8-14-18-16-10-4-9-15-19-16/h5,11,16H,1-4,6-10,12-15H2/b11-5+. The second-order valence-corrected chi connectivity index (χ2v) is 5.64. The first-order valence-electron chi connectivity index (χ1n) is 8.09. The Morgan fingerprint density at radius 2 is 1.95 bits per heavy atom. The van der Waals surface area contributed by atoms with Crippen LogP contribution in [0.5, 0.6) is 0 Å². The van der Waals surface area contributed by atoms with Crippen LogP contribution in [-0.4, -0.2) is 37.5 Å². The van der Waals surface area contributed by atoms with Gasteiger partial charge in [-0.25, -0.2) is 0 Å². The predicted octanol–water partition coefficient (Wildman–Crippen LogP) is 3.70. The lowest BCUT2D eigenvalue weighted by Gasteiger charge is -2.24. The Kier molecular flexibility index (Phi) is 7.33. The average Bonchev–Trinajstić information content (AvgIpc) is 2.48. The van der Waals surface area contributed by atoms with Crippen LogP contribution in [0.25, 0.3) is 0 Å². The zero-order chi connectivity index (χ0) is 13.2. The van der Waals surface area contributed by atoms with Crippen molar-refractivity contribution in [3.63, 3.8) is 0 Å². The summed E-state index contributed by atoms with van der Waals surface area (Å²) in [5, 5.41) is 0. The van der Waals surface area contributed by atoms with Gasteiger partial charge in [-0.3, -0.25) is 0 Å². The largest absolute Gasteiger partial charge is 0.378 e. The van der Waals surface area contributed by atoms with E-state index in [1.165, 1.54) is 58.0 Å². The number of ether oxygens (including phenoxy) is 2.